The number of aryl methyl sites for hydroxylation is 3. The Balaban J connectivity index is 1.83. The lowest BCUT2D eigenvalue weighted by molar-refractivity contribution is 0.0463. The maximum Gasteiger partial charge on any atom is 0.357 e. The van der Waals surface area contributed by atoms with Gasteiger partial charge in [-0.15, -0.1) is 0 Å². The smallest absolute Gasteiger partial charge is 0.357 e. The second-order valence-corrected chi connectivity index (χ2v) is 5.84. The van der Waals surface area contributed by atoms with E-state index in [1.165, 1.54) is 0 Å². The van der Waals surface area contributed by atoms with Gasteiger partial charge in [0.05, 0.1) is 12.8 Å². The molecule has 0 aliphatic heterocycles. The molecule has 0 saturated heterocycles. The zero-order valence-corrected chi connectivity index (χ0v) is 14.3. The number of hydrogen-bond donors (Lipinski definition) is 0. The van der Waals surface area contributed by atoms with Gasteiger partial charge in [0.15, 0.2) is 5.69 Å². The fraction of sp³-hybridized carbons (Fsp3) is 0.263. The fourth-order valence-corrected chi connectivity index (χ4v) is 2.59. The van der Waals surface area contributed by atoms with E-state index < -0.39 is 0 Å². The highest BCUT2D eigenvalue weighted by Crippen LogP contribution is 2.18. The molecule has 24 heavy (non-hydrogen) atoms. The molecule has 0 unspecified atom stereocenters. The maximum absolute atomic E-state index is 12.5. The number of aromatic nitrogens is 2. The number of methoxy groups -OCH3 is 1. The summed E-state index contributed by atoms with van der Waals surface area (Å²) in [6.07, 6.45) is 1.93. The lowest BCUT2D eigenvalue weighted by Crippen LogP contribution is -2.10. The molecule has 0 N–H and O–H groups in total. The number of benzene rings is 1. The molecule has 3 aromatic rings. The van der Waals surface area contributed by atoms with Crippen molar-refractivity contribution in [3.05, 3.63) is 64.6 Å². The Morgan fingerprint density at radius 3 is 2.50 bits per heavy atom. The van der Waals surface area contributed by atoms with Gasteiger partial charge in [-0.05, 0) is 55.7 Å². The summed E-state index contributed by atoms with van der Waals surface area (Å²) in [5.74, 6) is 0.396. The zero-order chi connectivity index (χ0) is 17.3. The summed E-state index contributed by atoms with van der Waals surface area (Å²) in [4.78, 5) is 17.0. The molecule has 2 aromatic heterocycles. The maximum atomic E-state index is 12.5. The number of pyridine rings is 1. The van der Waals surface area contributed by atoms with Crippen LogP contribution in [0.15, 0.2) is 36.5 Å². The molecule has 1 aromatic carbocycles. The van der Waals surface area contributed by atoms with Gasteiger partial charge in [0.25, 0.3) is 0 Å². The highest BCUT2D eigenvalue weighted by atomic mass is 16.5. The molecule has 0 spiro atoms. The van der Waals surface area contributed by atoms with Crippen LogP contribution in [0, 0.1) is 20.8 Å². The van der Waals surface area contributed by atoms with E-state index in [1.807, 2.05) is 57.3 Å². The molecule has 0 saturated carbocycles. The van der Waals surface area contributed by atoms with Crippen molar-refractivity contribution in [2.24, 2.45) is 0 Å². The summed E-state index contributed by atoms with van der Waals surface area (Å²) in [7, 11) is 1.62. The third-order valence-corrected chi connectivity index (χ3v) is 4.13. The molecule has 5 nitrogen and oxygen atoms in total. The Morgan fingerprint density at radius 2 is 1.83 bits per heavy atom. The highest BCUT2D eigenvalue weighted by Gasteiger charge is 2.18. The molecule has 0 amide bonds. The molecule has 0 aliphatic carbocycles. The summed E-state index contributed by atoms with van der Waals surface area (Å²) in [6.45, 7) is 6.07. The number of esters is 1. The normalized spacial score (nSPS) is 10.8. The topological polar surface area (TPSA) is 52.8 Å². The van der Waals surface area contributed by atoms with Crippen molar-refractivity contribution < 1.29 is 14.3 Å². The highest BCUT2D eigenvalue weighted by molar-refractivity contribution is 5.90. The van der Waals surface area contributed by atoms with E-state index in [1.54, 1.807) is 11.5 Å². The van der Waals surface area contributed by atoms with E-state index in [2.05, 4.69) is 4.98 Å². The average molecular weight is 324 g/mol. The Bertz CT molecular complexity index is 895. The number of nitrogens with zero attached hydrogens (tertiary/aromatic N) is 2. The van der Waals surface area contributed by atoms with Gasteiger partial charge in [-0.25, -0.2) is 9.78 Å². The first-order valence-corrected chi connectivity index (χ1v) is 7.75. The molecule has 5 heteroatoms. The van der Waals surface area contributed by atoms with E-state index in [9.17, 15) is 4.79 Å². The third-order valence-electron chi connectivity index (χ3n) is 4.13. The number of fused-ring (bicyclic) bond motifs is 1. The van der Waals surface area contributed by atoms with E-state index >= 15 is 0 Å². The molecule has 2 heterocycles. The molecule has 0 fully saturated rings. The first-order valence-electron chi connectivity index (χ1n) is 7.75. The number of imidazole rings is 1. The van der Waals surface area contributed by atoms with Crippen LogP contribution in [0.1, 0.15) is 32.9 Å². The van der Waals surface area contributed by atoms with Crippen molar-refractivity contribution in [1.82, 2.24) is 9.38 Å². The van der Waals surface area contributed by atoms with Crippen LogP contribution in [-0.2, 0) is 11.3 Å². The van der Waals surface area contributed by atoms with Crippen LogP contribution in [0.3, 0.4) is 0 Å². The first kappa shape index (κ1) is 16.1. The minimum atomic E-state index is -0.376. The van der Waals surface area contributed by atoms with Crippen molar-refractivity contribution in [3.8, 4) is 5.75 Å². The standard InChI is InChI=1S/C19H20N2O3/c1-12-9-17-20-14(3)18(21(17)10-13(12)2)19(22)24-11-15-5-7-16(23-4)8-6-15/h5-10H,11H2,1-4H3. The molecular formula is C19H20N2O3. The van der Waals surface area contributed by atoms with Gasteiger partial charge < -0.3 is 9.47 Å². The Hall–Kier alpha value is -2.82. The molecule has 0 radical (unpaired) electrons. The Morgan fingerprint density at radius 1 is 1.12 bits per heavy atom. The van der Waals surface area contributed by atoms with Crippen LogP contribution < -0.4 is 4.74 Å². The van der Waals surface area contributed by atoms with Gasteiger partial charge >= 0.3 is 5.97 Å². The van der Waals surface area contributed by atoms with Crippen LogP contribution in [0.5, 0.6) is 5.75 Å². The fourth-order valence-electron chi connectivity index (χ4n) is 2.59. The van der Waals surface area contributed by atoms with E-state index in [0.717, 1.165) is 28.1 Å². The van der Waals surface area contributed by atoms with Gasteiger partial charge in [-0.3, -0.25) is 4.40 Å². The van der Waals surface area contributed by atoms with Gasteiger partial charge in [0.2, 0.25) is 0 Å². The Kier molecular flexibility index (Phi) is 4.25. The molecule has 0 bridgehead atoms. The van der Waals surface area contributed by atoms with Gasteiger partial charge in [0.1, 0.15) is 18.0 Å². The SMILES string of the molecule is COc1ccc(COC(=O)c2c(C)nc3cc(C)c(C)cn23)cc1. The molecular weight excluding hydrogens is 304 g/mol. The van der Waals surface area contributed by atoms with Crippen LogP contribution in [0.2, 0.25) is 0 Å². The number of ether oxygens (including phenoxy) is 2. The molecule has 0 aliphatic rings. The Labute approximate surface area is 140 Å². The van der Waals surface area contributed by atoms with Crippen LogP contribution in [0.25, 0.3) is 5.65 Å². The number of rotatable bonds is 4. The first-order chi connectivity index (χ1) is 11.5. The third kappa shape index (κ3) is 2.97. The van der Waals surface area contributed by atoms with Gasteiger partial charge in [-0.1, -0.05) is 12.1 Å². The summed E-state index contributed by atoms with van der Waals surface area (Å²) < 4.78 is 12.4. The monoisotopic (exact) mass is 324 g/mol. The number of hydrogen-bond acceptors (Lipinski definition) is 4. The second-order valence-electron chi connectivity index (χ2n) is 5.84. The lowest BCUT2D eigenvalue weighted by Gasteiger charge is -2.08. The number of carbonyl (C=O) groups is 1. The van der Waals surface area contributed by atoms with Crippen molar-refractivity contribution >= 4 is 11.6 Å². The zero-order valence-electron chi connectivity index (χ0n) is 14.3. The van der Waals surface area contributed by atoms with Crippen LogP contribution in [0.4, 0.5) is 0 Å². The minimum absolute atomic E-state index is 0.209. The van der Waals surface area contributed by atoms with E-state index in [0.29, 0.717) is 11.4 Å². The molecule has 0 atom stereocenters. The quantitative estimate of drug-likeness (QED) is 0.688. The summed E-state index contributed by atoms with van der Waals surface area (Å²) in [5, 5.41) is 0. The largest absolute Gasteiger partial charge is 0.497 e. The molecule has 3 rings (SSSR count). The molecule has 124 valence electrons. The van der Waals surface area contributed by atoms with Crippen LogP contribution >= 0.6 is 0 Å². The van der Waals surface area contributed by atoms with Crippen molar-refractivity contribution in [1.29, 1.82) is 0 Å². The van der Waals surface area contributed by atoms with Gasteiger partial charge in [0, 0.05) is 6.20 Å². The van der Waals surface area contributed by atoms with Gasteiger partial charge in [-0.2, -0.15) is 0 Å². The van der Waals surface area contributed by atoms with E-state index in [-0.39, 0.29) is 12.6 Å². The van der Waals surface area contributed by atoms with Crippen LogP contribution in [-0.4, -0.2) is 22.5 Å². The second kappa shape index (κ2) is 6.35. The summed E-state index contributed by atoms with van der Waals surface area (Å²) >= 11 is 0. The predicted molar refractivity (Wildman–Crippen MR) is 91.5 cm³/mol. The number of carbonyl (C=O) groups excluding carboxylic acids is 1. The van der Waals surface area contributed by atoms with Crippen molar-refractivity contribution in [2.45, 2.75) is 27.4 Å². The van der Waals surface area contributed by atoms with Crippen molar-refractivity contribution in [3.63, 3.8) is 0 Å². The summed E-state index contributed by atoms with van der Waals surface area (Å²) in [5.41, 5.74) is 5.05. The van der Waals surface area contributed by atoms with Crippen molar-refractivity contribution in [2.75, 3.05) is 7.11 Å². The summed E-state index contributed by atoms with van der Waals surface area (Å²) in [6, 6.07) is 9.41. The minimum Gasteiger partial charge on any atom is -0.497 e. The lowest BCUT2D eigenvalue weighted by atomic mass is 10.2. The van der Waals surface area contributed by atoms with E-state index in [4.69, 9.17) is 9.47 Å². The average Bonchev–Trinajstić information content (AvgIpc) is 2.88. The predicted octanol–water partition coefficient (Wildman–Crippen LogP) is 3.63.